The lowest BCUT2D eigenvalue weighted by Gasteiger charge is -2.32. The monoisotopic (exact) mass is 502 g/mol. The number of carboxylic acids is 1. The lowest BCUT2D eigenvalue weighted by atomic mass is 9.81. The number of likely N-dealkylation sites (N-methyl/N-ethyl adjacent to an activating group) is 1. The molecule has 1 amide bonds. The van der Waals surface area contributed by atoms with E-state index in [1.807, 2.05) is 38.1 Å². The van der Waals surface area contributed by atoms with Gasteiger partial charge < -0.3 is 24.6 Å². The third kappa shape index (κ3) is 5.12. The molecule has 2 aliphatic rings. The molecule has 2 aliphatic heterocycles. The van der Waals surface area contributed by atoms with Gasteiger partial charge in [0.1, 0.15) is 12.4 Å². The van der Waals surface area contributed by atoms with Crippen LogP contribution in [0.25, 0.3) is 16.5 Å². The Labute approximate surface area is 217 Å². The van der Waals surface area contributed by atoms with Crippen LogP contribution in [0.15, 0.2) is 54.7 Å². The molecule has 3 heterocycles. The molecule has 0 saturated carbocycles. The Bertz CT molecular complexity index is 1330. The second kappa shape index (κ2) is 10.0. The fraction of sp³-hybridized carbons (Fsp3) is 0.379. The number of hydrogen-bond acceptors (Lipinski definition) is 5. The van der Waals surface area contributed by atoms with Crippen molar-refractivity contribution in [2.45, 2.75) is 19.3 Å². The summed E-state index contributed by atoms with van der Waals surface area (Å²) in [5.41, 5.74) is 2.43. The van der Waals surface area contributed by atoms with Crippen LogP contribution in [0.2, 0.25) is 0 Å². The fourth-order valence-electron chi connectivity index (χ4n) is 5.33. The van der Waals surface area contributed by atoms with Gasteiger partial charge in [-0.25, -0.2) is 4.79 Å². The number of carboxylic acid groups (broad SMARTS) is 1. The quantitative estimate of drug-likeness (QED) is 0.535. The molecule has 37 heavy (non-hydrogen) atoms. The average Bonchev–Trinajstić information content (AvgIpc) is 3.22. The van der Waals surface area contributed by atoms with Crippen LogP contribution >= 0.6 is 0 Å². The van der Waals surface area contributed by atoms with Gasteiger partial charge >= 0.3 is 5.97 Å². The predicted octanol–water partition coefficient (Wildman–Crippen LogP) is 3.65. The van der Waals surface area contributed by atoms with Crippen molar-refractivity contribution in [3.8, 4) is 5.75 Å². The minimum absolute atomic E-state index is 0.0778. The highest BCUT2D eigenvalue weighted by atomic mass is 16.5. The Hall–Kier alpha value is -3.62. The number of aromatic amines is 1. The van der Waals surface area contributed by atoms with Gasteiger partial charge in [-0.3, -0.25) is 9.69 Å². The van der Waals surface area contributed by atoms with Crippen LogP contribution in [0.5, 0.6) is 5.75 Å². The SMILES string of the molecule is CN1CCN(CCOc2ccc(C(=O)N3C=C(C(=O)O)c4[nH]c5ccccc5c4C(C)(C)C3)cc2)CC1. The maximum atomic E-state index is 13.5. The van der Waals surface area contributed by atoms with Gasteiger partial charge in [0.25, 0.3) is 5.91 Å². The van der Waals surface area contributed by atoms with Gasteiger partial charge in [-0.2, -0.15) is 0 Å². The van der Waals surface area contributed by atoms with Crippen molar-refractivity contribution in [1.29, 1.82) is 0 Å². The van der Waals surface area contributed by atoms with Crippen LogP contribution < -0.4 is 4.74 Å². The number of carbonyl (C=O) groups excluding carboxylic acids is 1. The first-order valence-corrected chi connectivity index (χ1v) is 12.7. The summed E-state index contributed by atoms with van der Waals surface area (Å²) in [5, 5.41) is 11.0. The van der Waals surface area contributed by atoms with Crippen LogP contribution in [0, 0.1) is 0 Å². The van der Waals surface area contributed by atoms with E-state index in [0.717, 1.165) is 49.2 Å². The number of H-pyrrole nitrogens is 1. The second-order valence-corrected chi connectivity index (χ2v) is 10.6. The highest BCUT2D eigenvalue weighted by Gasteiger charge is 2.37. The molecule has 0 atom stereocenters. The average molecular weight is 503 g/mol. The van der Waals surface area contributed by atoms with Gasteiger partial charge in [0.15, 0.2) is 0 Å². The summed E-state index contributed by atoms with van der Waals surface area (Å²) in [6.07, 6.45) is 1.47. The zero-order valence-electron chi connectivity index (χ0n) is 21.7. The highest BCUT2D eigenvalue weighted by Crippen LogP contribution is 2.40. The number of nitrogens with one attached hydrogen (secondary N) is 1. The molecule has 5 rings (SSSR count). The number of ether oxygens (including phenoxy) is 1. The van der Waals surface area contributed by atoms with E-state index in [1.54, 1.807) is 24.3 Å². The molecule has 2 aromatic carbocycles. The van der Waals surface area contributed by atoms with Crippen LogP contribution in [0.4, 0.5) is 0 Å². The third-order valence-electron chi connectivity index (χ3n) is 7.37. The molecular formula is C29H34N4O4. The molecule has 0 bridgehead atoms. The molecular weight excluding hydrogens is 468 g/mol. The van der Waals surface area contributed by atoms with Crippen molar-refractivity contribution in [1.82, 2.24) is 19.7 Å². The van der Waals surface area contributed by atoms with Gasteiger partial charge in [-0.15, -0.1) is 0 Å². The molecule has 3 aromatic rings. The zero-order chi connectivity index (χ0) is 26.2. The highest BCUT2D eigenvalue weighted by molar-refractivity contribution is 6.17. The Balaban J connectivity index is 1.33. The lowest BCUT2D eigenvalue weighted by molar-refractivity contribution is -0.130. The maximum Gasteiger partial charge on any atom is 0.339 e. The van der Waals surface area contributed by atoms with Crippen LogP contribution in [-0.2, 0) is 10.2 Å². The second-order valence-electron chi connectivity index (χ2n) is 10.6. The largest absolute Gasteiger partial charge is 0.492 e. The molecule has 0 unspecified atom stereocenters. The lowest BCUT2D eigenvalue weighted by Crippen LogP contribution is -2.45. The summed E-state index contributed by atoms with van der Waals surface area (Å²) in [6.45, 7) is 10.1. The number of carbonyl (C=O) groups is 2. The molecule has 2 N–H and O–H groups in total. The normalized spacial score (nSPS) is 18.2. The van der Waals surface area contributed by atoms with Gasteiger partial charge in [0.05, 0.1) is 11.3 Å². The maximum absolute atomic E-state index is 13.5. The number of nitrogens with zero attached hydrogens (tertiary/aromatic N) is 3. The minimum atomic E-state index is -1.08. The topological polar surface area (TPSA) is 89.1 Å². The van der Waals surface area contributed by atoms with E-state index in [9.17, 15) is 14.7 Å². The van der Waals surface area contributed by atoms with Crippen LogP contribution in [0.1, 0.15) is 35.5 Å². The number of aromatic nitrogens is 1. The summed E-state index contributed by atoms with van der Waals surface area (Å²) >= 11 is 0. The van der Waals surface area contributed by atoms with Crippen molar-refractivity contribution in [2.24, 2.45) is 0 Å². The van der Waals surface area contributed by atoms with E-state index in [0.29, 0.717) is 30.2 Å². The fourth-order valence-corrected chi connectivity index (χ4v) is 5.33. The third-order valence-corrected chi connectivity index (χ3v) is 7.37. The molecule has 194 valence electrons. The number of amides is 1. The minimum Gasteiger partial charge on any atom is -0.492 e. The Morgan fingerprint density at radius 2 is 1.73 bits per heavy atom. The van der Waals surface area contributed by atoms with Gasteiger partial charge in [-0.1, -0.05) is 32.0 Å². The van der Waals surface area contributed by atoms with Gasteiger partial charge in [-0.05, 0) is 42.9 Å². The number of piperazine rings is 1. The number of para-hydroxylation sites is 1. The Morgan fingerprint density at radius 1 is 1.03 bits per heavy atom. The molecule has 0 spiro atoms. The molecule has 1 saturated heterocycles. The first-order valence-electron chi connectivity index (χ1n) is 12.7. The first-order chi connectivity index (χ1) is 17.7. The molecule has 8 nitrogen and oxygen atoms in total. The molecule has 0 radical (unpaired) electrons. The summed E-state index contributed by atoms with van der Waals surface area (Å²) in [6, 6.07) is 14.9. The zero-order valence-corrected chi connectivity index (χ0v) is 21.7. The van der Waals surface area contributed by atoms with Crippen LogP contribution in [-0.4, -0.2) is 89.6 Å². The molecule has 1 aromatic heterocycles. The Morgan fingerprint density at radius 3 is 2.43 bits per heavy atom. The van der Waals surface area contributed by atoms with Crippen molar-refractivity contribution >= 4 is 28.4 Å². The van der Waals surface area contributed by atoms with E-state index in [-0.39, 0.29) is 11.5 Å². The van der Waals surface area contributed by atoms with Crippen molar-refractivity contribution < 1.29 is 19.4 Å². The van der Waals surface area contributed by atoms with E-state index in [2.05, 4.69) is 21.8 Å². The summed E-state index contributed by atoms with van der Waals surface area (Å²) in [5.74, 6) is -0.609. The number of aliphatic carboxylic acids is 1. The summed E-state index contributed by atoms with van der Waals surface area (Å²) < 4.78 is 5.92. The Kier molecular flexibility index (Phi) is 6.79. The molecule has 1 fully saturated rings. The number of hydrogen-bond donors (Lipinski definition) is 2. The van der Waals surface area contributed by atoms with Gasteiger partial charge in [0.2, 0.25) is 0 Å². The smallest absolute Gasteiger partial charge is 0.339 e. The van der Waals surface area contributed by atoms with Crippen molar-refractivity contribution in [3.05, 3.63) is 71.6 Å². The summed E-state index contributed by atoms with van der Waals surface area (Å²) in [4.78, 5) is 35.3. The number of fused-ring (bicyclic) bond motifs is 3. The predicted molar refractivity (Wildman–Crippen MR) is 144 cm³/mol. The first kappa shape index (κ1) is 25.0. The van der Waals surface area contributed by atoms with Crippen LogP contribution in [0.3, 0.4) is 0 Å². The van der Waals surface area contributed by atoms with Crippen molar-refractivity contribution in [2.75, 3.05) is 52.9 Å². The van der Waals surface area contributed by atoms with E-state index < -0.39 is 11.4 Å². The number of benzene rings is 2. The van der Waals surface area contributed by atoms with E-state index in [4.69, 9.17) is 4.74 Å². The number of rotatable bonds is 6. The summed E-state index contributed by atoms with van der Waals surface area (Å²) in [7, 11) is 2.14. The molecule has 0 aliphatic carbocycles. The van der Waals surface area contributed by atoms with Gasteiger partial charge in [0, 0.05) is 67.3 Å². The molecule has 8 heteroatoms. The van der Waals surface area contributed by atoms with E-state index >= 15 is 0 Å². The van der Waals surface area contributed by atoms with Crippen molar-refractivity contribution in [3.63, 3.8) is 0 Å². The standard InChI is InChI=1S/C29H34N4O4/c1-29(2)19-33(18-23(28(35)36)26-25(29)22-6-4-5-7-24(22)30-26)27(34)20-8-10-21(11-9-20)37-17-16-32-14-12-31(3)13-15-32/h4-11,18,30H,12-17,19H2,1-3H3,(H,35,36). The van der Waals surface area contributed by atoms with E-state index in [1.165, 1.54) is 11.1 Å².